The third-order valence-electron chi connectivity index (χ3n) is 5.48. The zero-order chi connectivity index (χ0) is 17.1. The molecule has 1 amide bonds. The Morgan fingerprint density at radius 2 is 1.96 bits per heavy atom. The van der Waals surface area contributed by atoms with Gasteiger partial charge < -0.3 is 4.90 Å². The number of carbonyl (C=O) groups is 1. The molecule has 24 heavy (non-hydrogen) atoms. The molecule has 1 aromatic carbocycles. The van der Waals surface area contributed by atoms with E-state index in [0.717, 1.165) is 37.7 Å². The van der Waals surface area contributed by atoms with E-state index < -0.39 is 10.0 Å². The summed E-state index contributed by atoms with van der Waals surface area (Å²) in [6.07, 6.45) is 5.09. The first-order valence-corrected chi connectivity index (χ1v) is 10.8. The first kappa shape index (κ1) is 16.5. The second-order valence-electron chi connectivity index (χ2n) is 7.20. The van der Waals surface area contributed by atoms with Crippen molar-refractivity contribution in [1.82, 2.24) is 9.62 Å². The van der Waals surface area contributed by atoms with Gasteiger partial charge in [-0.3, -0.25) is 4.79 Å². The van der Waals surface area contributed by atoms with Crippen LogP contribution in [0.3, 0.4) is 0 Å². The zero-order valence-electron chi connectivity index (χ0n) is 13.6. The number of nitrogens with one attached hydrogen (secondary N) is 1. The van der Waals surface area contributed by atoms with Crippen LogP contribution >= 0.6 is 15.9 Å². The molecule has 1 aliphatic heterocycles. The van der Waals surface area contributed by atoms with E-state index >= 15 is 0 Å². The van der Waals surface area contributed by atoms with Crippen molar-refractivity contribution in [2.45, 2.75) is 62.6 Å². The van der Waals surface area contributed by atoms with E-state index in [2.05, 4.69) is 27.6 Å². The molecule has 2 aliphatic carbocycles. The third-order valence-corrected chi connectivity index (χ3v) is 7.48. The summed E-state index contributed by atoms with van der Waals surface area (Å²) in [6, 6.07) is 3.60. The van der Waals surface area contributed by atoms with Crippen LogP contribution in [0.5, 0.6) is 0 Å². The van der Waals surface area contributed by atoms with Crippen molar-refractivity contribution in [3.05, 3.63) is 27.7 Å². The largest absolute Gasteiger partial charge is 0.331 e. The Labute approximate surface area is 151 Å². The second-order valence-corrected chi connectivity index (χ2v) is 9.80. The predicted octanol–water partition coefficient (Wildman–Crippen LogP) is 3.03. The number of nitrogens with zero attached hydrogens (tertiary/aromatic N) is 1. The number of fused-ring (bicyclic) bond motifs is 1. The SMILES string of the molecule is C[C@@H](C1CC1)N1Cc2cc(Br)cc(S(=O)(=O)NC3CCC3)c2C1=O. The van der Waals surface area contributed by atoms with Gasteiger partial charge >= 0.3 is 0 Å². The fourth-order valence-corrected chi connectivity index (χ4v) is 5.81. The highest BCUT2D eigenvalue weighted by atomic mass is 79.9. The van der Waals surface area contributed by atoms with Gasteiger partial charge in [0.1, 0.15) is 0 Å². The average molecular weight is 413 g/mol. The van der Waals surface area contributed by atoms with Crippen LogP contribution in [-0.2, 0) is 16.6 Å². The van der Waals surface area contributed by atoms with Gasteiger partial charge in [-0.2, -0.15) is 0 Å². The Bertz CT molecular complexity index is 800. The Balaban J connectivity index is 1.71. The Hall–Kier alpha value is -0.920. The first-order valence-electron chi connectivity index (χ1n) is 8.52. The van der Waals surface area contributed by atoms with E-state index in [9.17, 15) is 13.2 Å². The molecule has 5 nitrogen and oxygen atoms in total. The summed E-state index contributed by atoms with van der Waals surface area (Å²) >= 11 is 3.40. The zero-order valence-corrected chi connectivity index (χ0v) is 16.0. The van der Waals surface area contributed by atoms with Crippen molar-refractivity contribution < 1.29 is 13.2 Å². The normalized spacial score (nSPS) is 22.4. The quantitative estimate of drug-likeness (QED) is 0.807. The molecule has 0 aromatic heterocycles. The molecular formula is C17H21BrN2O3S. The van der Waals surface area contributed by atoms with Crippen LogP contribution in [0.25, 0.3) is 0 Å². The van der Waals surface area contributed by atoms with Gasteiger partial charge in [-0.15, -0.1) is 0 Å². The van der Waals surface area contributed by atoms with Crippen molar-refractivity contribution >= 4 is 31.9 Å². The van der Waals surface area contributed by atoms with E-state index in [1.54, 1.807) is 6.07 Å². The Kier molecular flexibility index (Phi) is 4.01. The molecule has 1 aromatic rings. The molecule has 1 atom stereocenters. The van der Waals surface area contributed by atoms with Crippen LogP contribution in [0.4, 0.5) is 0 Å². The molecule has 2 fully saturated rings. The lowest BCUT2D eigenvalue weighted by molar-refractivity contribution is 0.0694. The molecule has 1 heterocycles. The van der Waals surface area contributed by atoms with Gasteiger partial charge in [0.2, 0.25) is 10.0 Å². The minimum absolute atomic E-state index is 0.00243. The lowest BCUT2D eigenvalue weighted by Crippen LogP contribution is -2.40. The third kappa shape index (κ3) is 2.80. The van der Waals surface area contributed by atoms with Gasteiger partial charge in [0.15, 0.2) is 0 Å². The molecule has 0 spiro atoms. The molecule has 2 saturated carbocycles. The fraction of sp³-hybridized carbons (Fsp3) is 0.588. The fourth-order valence-electron chi connectivity index (χ4n) is 3.59. The van der Waals surface area contributed by atoms with Gasteiger partial charge in [0, 0.05) is 23.1 Å². The molecule has 1 N–H and O–H groups in total. The number of hydrogen-bond acceptors (Lipinski definition) is 3. The lowest BCUT2D eigenvalue weighted by atomic mass is 9.94. The van der Waals surface area contributed by atoms with E-state index in [-0.39, 0.29) is 22.9 Å². The molecular weight excluding hydrogens is 392 g/mol. The highest BCUT2D eigenvalue weighted by Gasteiger charge is 2.41. The summed E-state index contributed by atoms with van der Waals surface area (Å²) in [6.45, 7) is 2.56. The smallest absolute Gasteiger partial charge is 0.256 e. The van der Waals surface area contributed by atoms with Crippen LogP contribution in [0, 0.1) is 5.92 Å². The topological polar surface area (TPSA) is 66.5 Å². The summed E-state index contributed by atoms with van der Waals surface area (Å²) < 4.78 is 29.1. The minimum atomic E-state index is -3.68. The predicted molar refractivity (Wildman–Crippen MR) is 94.2 cm³/mol. The Morgan fingerprint density at radius 3 is 2.54 bits per heavy atom. The van der Waals surface area contributed by atoms with Crippen LogP contribution in [0.15, 0.2) is 21.5 Å². The molecule has 130 valence electrons. The van der Waals surface area contributed by atoms with Crippen molar-refractivity contribution in [1.29, 1.82) is 0 Å². The summed E-state index contributed by atoms with van der Waals surface area (Å²) in [5.74, 6) is 0.408. The number of carbonyl (C=O) groups excluding carboxylic acids is 1. The molecule has 7 heteroatoms. The van der Waals surface area contributed by atoms with Gasteiger partial charge in [-0.1, -0.05) is 22.4 Å². The Morgan fingerprint density at radius 1 is 1.25 bits per heavy atom. The van der Waals surface area contributed by atoms with Crippen LogP contribution in [0.2, 0.25) is 0 Å². The van der Waals surface area contributed by atoms with Crippen molar-refractivity contribution in [3.8, 4) is 0 Å². The highest BCUT2D eigenvalue weighted by molar-refractivity contribution is 9.10. The number of halogens is 1. The van der Waals surface area contributed by atoms with Crippen molar-refractivity contribution in [3.63, 3.8) is 0 Å². The molecule has 3 aliphatic rings. The van der Waals surface area contributed by atoms with Gasteiger partial charge in [0.05, 0.1) is 10.5 Å². The average Bonchev–Trinajstić information content (AvgIpc) is 3.27. The van der Waals surface area contributed by atoms with Crippen molar-refractivity contribution in [2.75, 3.05) is 0 Å². The number of hydrogen-bond donors (Lipinski definition) is 1. The molecule has 0 radical (unpaired) electrons. The van der Waals surface area contributed by atoms with Crippen molar-refractivity contribution in [2.24, 2.45) is 5.92 Å². The lowest BCUT2D eigenvalue weighted by Gasteiger charge is -2.26. The molecule has 0 bridgehead atoms. The number of amides is 1. The molecule has 4 rings (SSSR count). The van der Waals surface area contributed by atoms with Gasteiger partial charge in [-0.25, -0.2) is 13.1 Å². The monoisotopic (exact) mass is 412 g/mol. The van der Waals surface area contributed by atoms with E-state index in [1.165, 1.54) is 0 Å². The summed E-state index contributed by atoms with van der Waals surface area (Å²) in [5, 5.41) is 0. The number of sulfonamides is 1. The maximum absolute atomic E-state index is 12.9. The van der Waals surface area contributed by atoms with Gasteiger partial charge in [-0.05, 0) is 56.2 Å². The molecule has 0 unspecified atom stereocenters. The summed E-state index contributed by atoms with van der Waals surface area (Å²) in [4.78, 5) is 14.9. The standard InChI is InChI=1S/C17H21BrN2O3S/c1-10(11-5-6-11)20-9-12-7-13(18)8-15(16(12)17(20)21)24(22,23)19-14-3-2-4-14/h7-8,10-11,14,19H,2-6,9H2,1H3/t10-/m0/s1. The summed E-state index contributed by atoms with van der Waals surface area (Å²) in [5.41, 5.74) is 1.16. The van der Waals surface area contributed by atoms with Gasteiger partial charge in [0.25, 0.3) is 5.91 Å². The van der Waals surface area contributed by atoms with E-state index in [4.69, 9.17) is 0 Å². The maximum atomic E-state index is 12.9. The summed E-state index contributed by atoms with van der Waals surface area (Å²) in [7, 11) is -3.68. The van der Waals surface area contributed by atoms with E-state index in [1.807, 2.05) is 11.0 Å². The number of benzene rings is 1. The van der Waals surface area contributed by atoms with Crippen LogP contribution < -0.4 is 4.72 Å². The van der Waals surface area contributed by atoms with E-state index in [0.29, 0.717) is 22.5 Å². The minimum Gasteiger partial charge on any atom is -0.331 e. The van der Waals surface area contributed by atoms with Crippen LogP contribution in [0.1, 0.15) is 54.9 Å². The second kappa shape index (κ2) is 5.81. The maximum Gasteiger partial charge on any atom is 0.256 e. The molecule has 0 saturated heterocycles. The number of rotatable bonds is 5. The first-order chi connectivity index (χ1) is 11.4. The highest BCUT2D eigenvalue weighted by Crippen LogP contribution is 2.40. The van der Waals surface area contributed by atoms with Crippen LogP contribution in [-0.4, -0.2) is 31.3 Å².